The fraction of sp³-hybridized carbons (Fsp3) is 0.467. The van der Waals surface area contributed by atoms with Gasteiger partial charge in [-0.3, -0.25) is 4.79 Å². The summed E-state index contributed by atoms with van der Waals surface area (Å²) in [6, 6.07) is 9.81. The Morgan fingerprint density at radius 1 is 1.28 bits per heavy atom. The summed E-state index contributed by atoms with van der Waals surface area (Å²) in [7, 11) is 1.73. The number of carbonyl (C=O) groups excluding carboxylic acids is 1. The van der Waals surface area contributed by atoms with Crippen LogP contribution in [0.2, 0.25) is 0 Å². The van der Waals surface area contributed by atoms with Crippen molar-refractivity contribution in [3.63, 3.8) is 0 Å². The van der Waals surface area contributed by atoms with E-state index < -0.39 is 0 Å². The van der Waals surface area contributed by atoms with Crippen molar-refractivity contribution < 1.29 is 4.79 Å². The molecule has 0 aromatic heterocycles. The summed E-state index contributed by atoms with van der Waals surface area (Å²) in [5, 5.41) is 8.75. The minimum absolute atomic E-state index is 0.0348. The average Bonchev–Trinajstić information content (AvgIpc) is 2.37. The molecular weight excluding hydrogens is 224 g/mol. The van der Waals surface area contributed by atoms with Crippen molar-refractivity contribution in [2.75, 3.05) is 13.6 Å². The Morgan fingerprint density at radius 3 is 2.28 bits per heavy atom. The second-order valence-electron chi connectivity index (χ2n) is 4.99. The predicted octanol–water partition coefficient (Wildman–Crippen LogP) is 3.04. The van der Waals surface area contributed by atoms with Crippen LogP contribution in [0.15, 0.2) is 24.3 Å². The fourth-order valence-corrected chi connectivity index (χ4v) is 1.77. The molecule has 1 unspecified atom stereocenters. The number of rotatable bonds is 4. The molecule has 0 saturated heterocycles. The van der Waals surface area contributed by atoms with Gasteiger partial charge in [-0.15, -0.1) is 0 Å². The number of nitrogens with zero attached hydrogens (tertiary/aromatic N) is 2. The Bertz CT molecular complexity index is 443. The Morgan fingerprint density at radius 2 is 1.83 bits per heavy atom. The highest BCUT2D eigenvalue weighted by Crippen LogP contribution is 2.15. The van der Waals surface area contributed by atoms with Gasteiger partial charge in [0.05, 0.1) is 12.0 Å². The molecule has 18 heavy (non-hydrogen) atoms. The van der Waals surface area contributed by atoms with Crippen molar-refractivity contribution in [3.8, 4) is 6.07 Å². The second-order valence-corrected chi connectivity index (χ2v) is 4.99. The molecule has 0 aliphatic carbocycles. The van der Waals surface area contributed by atoms with Gasteiger partial charge in [-0.1, -0.05) is 26.0 Å². The summed E-state index contributed by atoms with van der Waals surface area (Å²) in [5.74, 6) is 0.284. The van der Waals surface area contributed by atoms with E-state index in [2.05, 4.69) is 19.9 Å². The van der Waals surface area contributed by atoms with Gasteiger partial charge in [0.1, 0.15) is 0 Å². The van der Waals surface area contributed by atoms with Crippen LogP contribution in [-0.4, -0.2) is 24.4 Å². The third kappa shape index (κ3) is 3.59. The Labute approximate surface area is 109 Å². The van der Waals surface area contributed by atoms with E-state index in [1.165, 1.54) is 5.56 Å². The monoisotopic (exact) mass is 244 g/mol. The lowest BCUT2D eigenvalue weighted by Crippen LogP contribution is -2.30. The first-order valence-electron chi connectivity index (χ1n) is 6.20. The molecule has 1 aromatic rings. The van der Waals surface area contributed by atoms with Crippen LogP contribution in [0.25, 0.3) is 0 Å². The summed E-state index contributed by atoms with van der Waals surface area (Å²) in [5.41, 5.74) is 1.90. The zero-order valence-corrected chi connectivity index (χ0v) is 11.5. The van der Waals surface area contributed by atoms with E-state index in [1.54, 1.807) is 11.9 Å². The highest BCUT2D eigenvalue weighted by molar-refractivity contribution is 5.94. The zero-order chi connectivity index (χ0) is 13.7. The van der Waals surface area contributed by atoms with Gasteiger partial charge >= 0.3 is 0 Å². The van der Waals surface area contributed by atoms with Gasteiger partial charge in [-0.2, -0.15) is 5.26 Å². The number of benzene rings is 1. The maximum Gasteiger partial charge on any atom is 0.253 e. The molecule has 3 nitrogen and oxygen atoms in total. The van der Waals surface area contributed by atoms with Crippen molar-refractivity contribution in [1.82, 2.24) is 4.90 Å². The Hall–Kier alpha value is -1.82. The van der Waals surface area contributed by atoms with E-state index in [1.807, 2.05) is 31.2 Å². The molecule has 1 rings (SSSR count). The van der Waals surface area contributed by atoms with Crippen LogP contribution < -0.4 is 0 Å². The topological polar surface area (TPSA) is 44.1 Å². The van der Waals surface area contributed by atoms with Gasteiger partial charge in [0.25, 0.3) is 5.91 Å². The largest absolute Gasteiger partial charge is 0.340 e. The van der Waals surface area contributed by atoms with Crippen LogP contribution in [0.5, 0.6) is 0 Å². The average molecular weight is 244 g/mol. The van der Waals surface area contributed by atoms with Gasteiger partial charge in [0.2, 0.25) is 0 Å². The summed E-state index contributed by atoms with van der Waals surface area (Å²) in [6.45, 7) is 6.52. The lowest BCUT2D eigenvalue weighted by Gasteiger charge is -2.18. The highest BCUT2D eigenvalue weighted by Gasteiger charge is 2.14. The molecule has 1 aromatic carbocycles. The van der Waals surface area contributed by atoms with E-state index in [-0.39, 0.29) is 11.8 Å². The number of amides is 1. The van der Waals surface area contributed by atoms with E-state index in [0.29, 0.717) is 18.0 Å². The van der Waals surface area contributed by atoms with Crippen LogP contribution in [0, 0.1) is 17.2 Å². The molecule has 0 fully saturated rings. The molecule has 0 spiro atoms. The normalized spacial score (nSPS) is 12.0. The van der Waals surface area contributed by atoms with Crippen molar-refractivity contribution in [3.05, 3.63) is 35.4 Å². The summed E-state index contributed by atoms with van der Waals surface area (Å²) in [6.07, 6.45) is 0. The van der Waals surface area contributed by atoms with Crippen molar-refractivity contribution >= 4 is 5.91 Å². The van der Waals surface area contributed by atoms with Crippen molar-refractivity contribution in [2.24, 2.45) is 5.92 Å². The first kappa shape index (κ1) is 14.2. The number of carbonyl (C=O) groups is 1. The molecule has 0 saturated carbocycles. The molecule has 3 heteroatoms. The molecule has 96 valence electrons. The SMILES string of the molecule is CC(C#N)CN(C)C(=O)c1ccc(C(C)C)cc1. The molecule has 0 aliphatic heterocycles. The van der Waals surface area contributed by atoms with E-state index in [0.717, 1.165) is 0 Å². The number of hydrogen-bond acceptors (Lipinski definition) is 2. The maximum atomic E-state index is 12.1. The molecule has 0 aliphatic rings. The highest BCUT2D eigenvalue weighted by atomic mass is 16.2. The number of hydrogen-bond donors (Lipinski definition) is 0. The van der Waals surface area contributed by atoms with Gasteiger partial charge in [0.15, 0.2) is 0 Å². The predicted molar refractivity (Wildman–Crippen MR) is 72.3 cm³/mol. The molecule has 0 radical (unpaired) electrons. The summed E-state index contributed by atoms with van der Waals surface area (Å²) in [4.78, 5) is 13.7. The van der Waals surface area contributed by atoms with Crippen LogP contribution in [0.4, 0.5) is 0 Å². The second kappa shape index (κ2) is 6.20. The fourth-order valence-electron chi connectivity index (χ4n) is 1.77. The Kier molecular flexibility index (Phi) is 4.91. The van der Waals surface area contributed by atoms with Crippen LogP contribution in [0.3, 0.4) is 0 Å². The molecule has 1 atom stereocenters. The molecule has 0 N–H and O–H groups in total. The third-order valence-electron chi connectivity index (χ3n) is 2.94. The first-order valence-corrected chi connectivity index (χ1v) is 6.20. The van der Waals surface area contributed by atoms with Crippen molar-refractivity contribution in [2.45, 2.75) is 26.7 Å². The number of nitriles is 1. The molecule has 0 heterocycles. The quantitative estimate of drug-likeness (QED) is 0.817. The van der Waals surface area contributed by atoms with Crippen LogP contribution >= 0.6 is 0 Å². The van der Waals surface area contributed by atoms with Crippen molar-refractivity contribution in [1.29, 1.82) is 5.26 Å². The Balaban J connectivity index is 2.75. The van der Waals surface area contributed by atoms with E-state index in [4.69, 9.17) is 5.26 Å². The smallest absolute Gasteiger partial charge is 0.253 e. The van der Waals surface area contributed by atoms with Crippen LogP contribution in [0.1, 0.15) is 42.6 Å². The summed E-state index contributed by atoms with van der Waals surface area (Å²) >= 11 is 0. The molecule has 0 bridgehead atoms. The maximum absolute atomic E-state index is 12.1. The zero-order valence-electron chi connectivity index (χ0n) is 11.5. The lowest BCUT2D eigenvalue weighted by molar-refractivity contribution is 0.0785. The van der Waals surface area contributed by atoms with E-state index in [9.17, 15) is 4.79 Å². The summed E-state index contributed by atoms with van der Waals surface area (Å²) < 4.78 is 0. The minimum Gasteiger partial charge on any atom is -0.340 e. The van der Waals surface area contributed by atoms with Gasteiger partial charge in [0, 0.05) is 19.2 Å². The third-order valence-corrected chi connectivity index (χ3v) is 2.94. The van der Waals surface area contributed by atoms with E-state index >= 15 is 0 Å². The van der Waals surface area contributed by atoms with Gasteiger partial charge < -0.3 is 4.90 Å². The first-order chi connectivity index (χ1) is 8.45. The van der Waals surface area contributed by atoms with Gasteiger partial charge in [-0.05, 0) is 30.5 Å². The molecular formula is C15H20N2O. The minimum atomic E-state index is -0.145. The standard InChI is InChI=1S/C15H20N2O/c1-11(2)13-5-7-14(8-6-13)15(18)17(4)10-12(3)9-16/h5-8,11-12H,10H2,1-4H3. The lowest BCUT2D eigenvalue weighted by atomic mass is 10.0. The van der Waals surface area contributed by atoms with Crippen LogP contribution in [-0.2, 0) is 0 Å². The molecule has 1 amide bonds. The van der Waals surface area contributed by atoms with Gasteiger partial charge in [-0.25, -0.2) is 0 Å².